The molecule has 0 saturated carbocycles. The van der Waals surface area contributed by atoms with Gasteiger partial charge < -0.3 is 34.3 Å². The van der Waals surface area contributed by atoms with Crippen molar-refractivity contribution in [3.63, 3.8) is 0 Å². The van der Waals surface area contributed by atoms with Crippen molar-refractivity contribution >= 4 is 57.4 Å². The van der Waals surface area contributed by atoms with E-state index in [1.54, 1.807) is 49.7 Å². The van der Waals surface area contributed by atoms with E-state index >= 15 is 0 Å². The van der Waals surface area contributed by atoms with Crippen molar-refractivity contribution in [2.75, 3.05) is 78.2 Å². The topological polar surface area (TPSA) is 119 Å². The van der Waals surface area contributed by atoms with Gasteiger partial charge in [0.05, 0.1) is 46.7 Å². The SMILES string of the molecule is CCN1CCN(Cc2ccc(N(C(=O)OC(C)(C)C)c3cc4c(cn3)cc(-c3c(Cl)c(OC)cc(OC)c3Cl)c(=O)n4CCCN(C)C)c(N)c2)CC1. The number of piperazine rings is 1. The summed E-state index contributed by atoms with van der Waals surface area (Å²) in [5.74, 6) is 0.867. The Kier molecular flexibility index (Phi) is 12.8. The molecule has 1 amide bonds. The Labute approximate surface area is 321 Å². The lowest BCUT2D eigenvalue weighted by molar-refractivity contribution is 0.0598. The maximum Gasteiger partial charge on any atom is 0.420 e. The number of carbonyl (C=O) groups excluding carboxylic acids is 1. The number of hydrogen-bond acceptors (Lipinski definition) is 10. The van der Waals surface area contributed by atoms with Gasteiger partial charge in [0.1, 0.15) is 22.9 Å². The first-order valence-corrected chi connectivity index (χ1v) is 18.6. The summed E-state index contributed by atoms with van der Waals surface area (Å²) in [5, 5.41) is 0.979. The van der Waals surface area contributed by atoms with Gasteiger partial charge in [-0.1, -0.05) is 36.2 Å². The Hall–Kier alpha value is -4.07. The van der Waals surface area contributed by atoms with Crippen molar-refractivity contribution in [2.45, 2.75) is 52.8 Å². The van der Waals surface area contributed by atoms with Crippen LogP contribution in [-0.4, -0.2) is 104 Å². The van der Waals surface area contributed by atoms with Crippen LogP contribution in [0.3, 0.4) is 0 Å². The second-order valence-corrected chi connectivity index (χ2v) is 15.2. The molecule has 1 aliphatic rings. The number of aromatic nitrogens is 2. The van der Waals surface area contributed by atoms with Gasteiger partial charge in [0.25, 0.3) is 5.56 Å². The van der Waals surface area contributed by atoms with E-state index < -0.39 is 11.7 Å². The fraction of sp³-hybridized carbons (Fsp3) is 0.462. The zero-order valence-corrected chi connectivity index (χ0v) is 33.5. The van der Waals surface area contributed by atoms with Gasteiger partial charge in [0, 0.05) is 68.5 Å². The van der Waals surface area contributed by atoms with E-state index in [9.17, 15) is 9.59 Å². The lowest BCUT2D eigenvalue weighted by Gasteiger charge is -2.34. The number of carbonyl (C=O) groups is 1. The first-order valence-electron chi connectivity index (χ1n) is 17.8. The third kappa shape index (κ3) is 9.18. The van der Waals surface area contributed by atoms with Crippen LogP contribution in [0.4, 0.5) is 22.0 Å². The first-order chi connectivity index (χ1) is 25.1. The number of nitrogen functional groups attached to an aromatic ring is 1. The van der Waals surface area contributed by atoms with Crippen molar-refractivity contribution < 1.29 is 19.0 Å². The summed E-state index contributed by atoms with van der Waals surface area (Å²) in [4.78, 5) is 41.5. The minimum atomic E-state index is -0.805. The van der Waals surface area contributed by atoms with Gasteiger partial charge in [-0.25, -0.2) is 14.7 Å². The summed E-state index contributed by atoms with van der Waals surface area (Å²) in [5.41, 5.74) is 8.55. The highest BCUT2D eigenvalue weighted by molar-refractivity contribution is 6.41. The summed E-state index contributed by atoms with van der Waals surface area (Å²) in [6.45, 7) is 14.5. The molecule has 2 aromatic carbocycles. The van der Waals surface area contributed by atoms with Crippen LogP contribution in [0, 0.1) is 0 Å². The van der Waals surface area contributed by atoms with Crippen LogP contribution in [0.5, 0.6) is 11.5 Å². The summed E-state index contributed by atoms with van der Waals surface area (Å²) in [6, 6.07) is 10.7. The summed E-state index contributed by atoms with van der Waals surface area (Å²) in [7, 11) is 6.91. The van der Waals surface area contributed by atoms with Gasteiger partial charge in [-0.3, -0.25) is 9.69 Å². The number of nitrogens with zero attached hydrogens (tertiary/aromatic N) is 6. The third-order valence-corrected chi connectivity index (χ3v) is 10.0. The standard InChI is InChI=1S/C39H51Cl2N7O5/c1-9-45-15-17-46(18-16-45)24-25-11-12-29(28(42)19-25)48(38(50)53-39(2,3)4)33-21-30-26(23-43-33)20-27(37(49)47(30)14-10-13-44(5)6)34-35(40)31(51-7)22-32(52-8)36(34)41/h11-12,19-23H,9-10,13-18,24,42H2,1-8H3. The molecule has 53 heavy (non-hydrogen) atoms. The van der Waals surface area contributed by atoms with E-state index in [2.05, 4.69) is 16.7 Å². The molecular weight excluding hydrogens is 717 g/mol. The fourth-order valence-electron chi connectivity index (χ4n) is 6.50. The van der Waals surface area contributed by atoms with Gasteiger partial charge in [0.2, 0.25) is 0 Å². The number of fused-ring (bicyclic) bond motifs is 1. The molecule has 0 aliphatic carbocycles. The number of anilines is 3. The first kappa shape index (κ1) is 40.1. The van der Waals surface area contributed by atoms with E-state index in [1.165, 1.54) is 19.1 Å². The lowest BCUT2D eigenvalue weighted by Crippen LogP contribution is -2.45. The predicted octanol–water partition coefficient (Wildman–Crippen LogP) is 7.13. The van der Waals surface area contributed by atoms with Gasteiger partial charge in [-0.2, -0.15) is 0 Å². The van der Waals surface area contributed by atoms with E-state index in [1.807, 2.05) is 37.2 Å². The molecule has 12 nitrogen and oxygen atoms in total. The van der Waals surface area contributed by atoms with Crippen LogP contribution in [-0.2, 0) is 17.8 Å². The molecule has 286 valence electrons. The van der Waals surface area contributed by atoms with Crippen LogP contribution in [0.25, 0.3) is 22.0 Å². The van der Waals surface area contributed by atoms with Crippen molar-refractivity contribution in [1.82, 2.24) is 24.3 Å². The number of ether oxygens (including phenoxy) is 3. The van der Waals surface area contributed by atoms with Gasteiger partial charge in [-0.05, 0) is 78.1 Å². The number of methoxy groups -OCH3 is 2. The number of hydrogen-bond donors (Lipinski definition) is 1. The molecule has 0 atom stereocenters. The highest BCUT2D eigenvalue weighted by Crippen LogP contribution is 2.45. The van der Waals surface area contributed by atoms with Crippen LogP contribution in [0.2, 0.25) is 10.0 Å². The summed E-state index contributed by atoms with van der Waals surface area (Å²) < 4.78 is 18.5. The Morgan fingerprint density at radius 1 is 0.962 bits per heavy atom. The number of aryl methyl sites for hydroxylation is 1. The van der Waals surface area contributed by atoms with E-state index in [4.69, 9.17) is 48.1 Å². The largest absolute Gasteiger partial charge is 0.495 e. The fourth-order valence-corrected chi connectivity index (χ4v) is 7.21. The molecular formula is C39H51Cl2N7O5. The third-order valence-electron chi connectivity index (χ3n) is 9.25. The minimum absolute atomic E-state index is 0.178. The van der Waals surface area contributed by atoms with Crippen LogP contribution in [0.1, 0.15) is 39.7 Å². The number of pyridine rings is 2. The highest BCUT2D eigenvalue weighted by Gasteiger charge is 2.29. The van der Waals surface area contributed by atoms with Gasteiger partial charge in [0.15, 0.2) is 0 Å². The smallest absolute Gasteiger partial charge is 0.420 e. The zero-order chi connectivity index (χ0) is 38.6. The van der Waals surface area contributed by atoms with Crippen LogP contribution in [0.15, 0.2) is 47.4 Å². The number of amides is 1. The molecule has 0 radical (unpaired) electrons. The molecule has 14 heteroatoms. The molecule has 2 aromatic heterocycles. The molecule has 2 N–H and O–H groups in total. The number of likely N-dealkylation sites (N-methyl/N-ethyl adjacent to an activating group) is 1. The monoisotopic (exact) mass is 767 g/mol. The highest BCUT2D eigenvalue weighted by atomic mass is 35.5. The Bertz CT molecular complexity index is 1980. The maximum atomic E-state index is 14.5. The number of halogens is 2. The molecule has 0 unspecified atom stereocenters. The van der Waals surface area contributed by atoms with E-state index in [-0.39, 0.29) is 32.5 Å². The molecule has 0 bridgehead atoms. The Morgan fingerprint density at radius 3 is 2.17 bits per heavy atom. The zero-order valence-electron chi connectivity index (χ0n) is 32.0. The predicted molar refractivity (Wildman–Crippen MR) is 214 cm³/mol. The second-order valence-electron chi connectivity index (χ2n) is 14.5. The number of rotatable bonds is 12. The minimum Gasteiger partial charge on any atom is -0.495 e. The van der Waals surface area contributed by atoms with E-state index in [0.717, 1.165) is 51.4 Å². The molecule has 1 fully saturated rings. The summed E-state index contributed by atoms with van der Waals surface area (Å²) >= 11 is 13.6. The summed E-state index contributed by atoms with van der Waals surface area (Å²) in [6.07, 6.45) is 1.62. The lowest BCUT2D eigenvalue weighted by atomic mass is 10.0. The average Bonchev–Trinajstić information content (AvgIpc) is 3.10. The molecule has 0 spiro atoms. The molecule has 1 saturated heterocycles. The molecule has 4 aromatic rings. The van der Waals surface area contributed by atoms with Crippen LogP contribution < -0.4 is 25.7 Å². The van der Waals surface area contributed by atoms with Crippen molar-refractivity contribution in [2.24, 2.45) is 0 Å². The Balaban J connectivity index is 1.64. The van der Waals surface area contributed by atoms with Crippen LogP contribution >= 0.6 is 23.2 Å². The molecule has 5 rings (SSSR count). The van der Waals surface area contributed by atoms with Crippen molar-refractivity contribution in [3.05, 3.63) is 68.6 Å². The quantitative estimate of drug-likeness (QED) is 0.149. The van der Waals surface area contributed by atoms with Gasteiger partial charge in [-0.15, -0.1) is 0 Å². The molecule has 3 heterocycles. The maximum absolute atomic E-state index is 14.5. The normalized spacial score (nSPS) is 14.2. The number of nitrogens with two attached hydrogens (primary N) is 1. The average molecular weight is 769 g/mol. The van der Waals surface area contributed by atoms with Crippen molar-refractivity contribution in [1.29, 1.82) is 0 Å². The van der Waals surface area contributed by atoms with Gasteiger partial charge >= 0.3 is 6.09 Å². The van der Waals surface area contributed by atoms with Crippen molar-refractivity contribution in [3.8, 4) is 22.6 Å². The second kappa shape index (κ2) is 16.9. The Morgan fingerprint density at radius 2 is 1.60 bits per heavy atom. The number of benzene rings is 2. The van der Waals surface area contributed by atoms with E-state index in [0.29, 0.717) is 46.7 Å². The molecule has 1 aliphatic heterocycles.